The van der Waals surface area contributed by atoms with E-state index in [-0.39, 0.29) is 11.5 Å². The van der Waals surface area contributed by atoms with Crippen LogP contribution in [0.2, 0.25) is 10.0 Å². The van der Waals surface area contributed by atoms with Gasteiger partial charge in [0.25, 0.3) is 5.56 Å². The third-order valence-corrected chi connectivity index (χ3v) is 2.96. The maximum atomic E-state index is 13.1. The largest absolute Gasteiger partial charge is 0.304 e. The summed E-state index contributed by atoms with van der Waals surface area (Å²) in [5.41, 5.74) is -0.201. The third-order valence-electron chi connectivity index (χ3n) is 2.22. The highest BCUT2D eigenvalue weighted by Gasteiger charge is 2.09. The topological polar surface area (TPSA) is 45.8 Å². The number of hydrogen-bond acceptors (Lipinski definition) is 2. The maximum absolute atomic E-state index is 13.1. The Morgan fingerprint density at radius 2 is 2.00 bits per heavy atom. The second kappa shape index (κ2) is 4.47. The van der Waals surface area contributed by atoms with Crippen molar-refractivity contribution in [1.29, 1.82) is 0 Å². The molecule has 0 saturated carbocycles. The van der Waals surface area contributed by atoms with Crippen LogP contribution in [0.15, 0.2) is 23.0 Å². The zero-order valence-electron chi connectivity index (χ0n) is 8.72. The van der Waals surface area contributed by atoms with E-state index in [1.807, 2.05) is 0 Å². The van der Waals surface area contributed by atoms with Crippen LogP contribution in [0.25, 0.3) is 11.4 Å². The second-order valence-corrected chi connectivity index (χ2v) is 4.26. The van der Waals surface area contributed by atoms with Crippen molar-refractivity contribution in [2.24, 2.45) is 0 Å². The van der Waals surface area contributed by atoms with E-state index in [0.29, 0.717) is 15.6 Å². The molecular formula is C11H7Cl2FN2O. The van der Waals surface area contributed by atoms with E-state index in [1.165, 1.54) is 6.92 Å². The number of benzene rings is 1. The van der Waals surface area contributed by atoms with Gasteiger partial charge < -0.3 is 4.98 Å². The van der Waals surface area contributed by atoms with Crippen LogP contribution in [0, 0.1) is 12.7 Å². The van der Waals surface area contributed by atoms with Crippen LogP contribution in [-0.4, -0.2) is 9.97 Å². The van der Waals surface area contributed by atoms with E-state index >= 15 is 0 Å². The molecule has 0 unspecified atom stereocenters. The van der Waals surface area contributed by atoms with Crippen molar-refractivity contribution in [1.82, 2.24) is 9.97 Å². The zero-order chi connectivity index (χ0) is 12.6. The Hall–Kier alpha value is -1.39. The minimum absolute atomic E-state index is 0.0369. The molecule has 0 aliphatic rings. The molecule has 0 radical (unpaired) electrons. The van der Waals surface area contributed by atoms with Crippen molar-refractivity contribution < 1.29 is 4.39 Å². The Balaban J connectivity index is 2.61. The summed E-state index contributed by atoms with van der Waals surface area (Å²) in [5.74, 6) is -0.624. The summed E-state index contributed by atoms with van der Waals surface area (Å²) in [6, 6.07) is 4.78. The molecule has 0 atom stereocenters. The average Bonchev–Trinajstić information content (AvgIpc) is 2.29. The molecular weight excluding hydrogens is 266 g/mol. The molecule has 3 nitrogen and oxygen atoms in total. The third kappa shape index (κ3) is 2.33. The molecule has 0 aliphatic heterocycles. The molecule has 88 valence electrons. The van der Waals surface area contributed by atoms with Gasteiger partial charge in [-0.3, -0.25) is 4.79 Å². The quantitative estimate of drug-likeness (QED) is 0.867. The van der Waals surface area contributed by atoms with E-state index in [9.17, 15) is 9.18 Å². The maximum Gasteiger partial charge on any atom is 0.287 e. The van der Waals surface area contributed by atoms with Gasteiger partial charge in [-0.1, -0.05) is 23.2 Å². The fourth-order valence-corrected chi connectivity index (χ4v) is 1.65. The van der Waals surface area contributed by atoms with Gasteiger partial charge in [0.15, 0.2) is 0 Å². The van der Waals surface area contributed by atoms with Gasteiger partial charge in [0.1, 0.15) is 5.82 Å². The van der Waals surface area contributed by atoms with Crippen LogP contribution in [-0.2, 0) is 0 Å². The lowest BCUT2D eigenvalue weighted by Crippen LogP contribution is -2.15. The molecule has 6 heteroatoms. The molecule has 1 aromatic heterocycles. The van der Waals surface area contributed by atoms with Gasteiger partial charge in [-0.05, 0) is 25.1 Å². The number of aromatic nitrogens is 2. The molecule has 0 bridgehead atoms. The van der Waals surface area contributed by atoms with Crippen molar-refractivity contribution in [2.45, 2.75) is 6.92 Å². The van der Waals surface area contributed by atoms with Gasteiger partial charge in [-0.2, -0.15) is 4.39 Å². The summed E-state index contributed by atoms with van der Waals surface area (Å²) < 4.78 is 13.1. The lowest BCUT2D eigenvalue weighted by Gasteiger charge is -2.04. The van der Waals surface area contributed by atoms with Crippen LogP contribution < -0.4 is 5.56 Å². The normalized spacial score (nSPS) is 10.6. The van der Waals surface area contributed by atoms with Gasteiger partial charge in [0.05, 0.1) is 15.7 Å². The van der Waals surface area contributed by atoms with Crippen LogP contribution in [0.1, 0.15) is 5.69 Å². The molecule has 0 spiro atoms. The number of hydrogen-bond donors (Lipinski definition) is 1. The molecule has 0 fully saturated rings. The fraction of sp³-hybridized carbons (Fsp3) is 0.0909. The van der Waals surface area contributed by atoms with Crippen LogP contribution in [0.3, 0.4) is 0 Å². The molecule has 0 amide bonds. The van der Waals surface area contributed by atoms with E-state index in [0.717, 1.165) is 0 Å². The molecule has 2 rings (SSSR count). The second-order valence-electron chi connectivity index (χ2n) is 3.44. The van der Waals surface area contributed by atoms with Crippen LogP contribution >= 0.6 is 23.2 Å². The van der Waals surface area contributed by atoms with E-state index in [4.69, 9.17) is 23.2 Å². The first-order chi connectivity index (χ1) is 7.99. The summed E-state index contributed by atoms with van der Waals surface area (Å²) >= 11 is 11.6. The predicted molar refractivity (Wildman–Crippen MR) is 65.0 cm³/mol. The molecule has 1 N–H and O–H groups in total. The average molecular weight is 273 g/mol. The number of nitrogens with one attached hydrogen (secondary N) is 1. The highest BCUT2D eigenvalue weighted by Crippen LogP contribution is 2.26. The number of rotatable bonds is 1. The summed E-state index contributed by atoms with van der Waals surface area (Å²) in [5, 5.41) is 0.741. The van der Waals surface area contributed by atoms with Crippen molar-refractivity contribution in [3.8, 4) is 11.4 Å². The zero-order valence-corrected chi connectivity index (χ0v) is 10.2. The SMILES string of the molecule is Cc1nc(-c2ccc(Cl)c(Cl)c2)[nH]c(=O)c1F. The Bertz CT molecular complexity index is 640. The number of aromatic amines is 1. The fourth-order valence-electron chi connectivity index (χ4n) is 1.35. The number of nitrogens with zero attached hydrogens (tertiary/aromatic N) is 1. The first kappa shape index (κ1) is 12.1. The minimum Gasteiger partial charge on any atom is -0.304 e. The lowest BCUT2D eigenvalue weighted by atomic mass is 10.2. The number of aryl methyl sites for hydroxylation is 1. The molecule has 17 heavy (non-hydrogen) atoms. The number of H-pyrrole nitrogens is 1. The highest BCUT2D eigenvalue weighted by atomic mass is 35.5. The summed E-state index contributed by atoms with van der Waals surface area (Å²) in [6.07, 6.45) is 0. The summed E-state index contributed by atoms with van der Waals surface area (Å²) in [6.45, 7) is 1.42. The first-order valence-corrected chi connectivity index (χ1v) is 5.46. The Morgan fingerprint density at radius 3 is 2.59 bits per heavy atom. The Kier molecular flexibility index (Phi) is 3.17. The van der Waals surface area contributed by atoms with Crippen molar-refractivity contribution in [3.05, 3.63) is 50.1 Å². The standard InChI is InChI=1S/C11H7Cl2FN2O/c1-5-9(14)11(17)16-10(15-5)6-2-3-7(12)8(13)4-6/h2-4H,1H3,(H,15,16,17). The van der Waals surface area contributed by atoms with Crippen molar-refractivity contribution >= 4 is 23.2 Å². The number of halogens is 3. The molecule has 2 aromatic rings. The molecule has 1 aromatic carbocycles. The van der Waals surface area contributed by atoms with Gasteiger partial charge in [0, 0.05) is 5.56 Å². The van der Waals surface area contributed by atoms with Crippen LogP contribution in [0.4, 0.5) is 4.39 Å². The molecule has 0 saturated heterocycles. The van der Waals surface area contributed by atoms with Gasteiger partial charge >= 0.3 is 0 Å². The van der Waals surface area contributed by atoms with Gasteiger partial charge in [-0.15, -0.1) is 0 Å². The monoisotopic (exact) mass is 272 g/mol. The Labute approximate surface area is 106 Å². The predicted octanol–water partition coefficient (Wildman–Crippen LogP) is 3.19. The minimum atomic E-state index is -0.881. The summed E-state index contributed by atoms with van der Waals surface area (Å²) in [7, 11) is 0. The Morgan fingerprint density at radius 1 is 1.29 bits per heavy atom. The van der Waals surface area contributed by atoms with Gasteiger partial charge in [-0.25, -0.2) is 4.98 Å². The van der Waals surface area contributed by atoms with Crippen LogP contribution in [0.5, 0.6) is 0 Å². The van der Waals surface area contributed by atoms with Crippen molar-refractivity contribution in [2.75, 3.05) is 0 Å². The molecule has 0 aliphatic carbocycles. The van der Waals surface area contributed by atoms with E-state index < -0.39 is 11.4 Å². The smallest absolute Gasteiger partial charge is 0.287 e. The first-order valence-electron chi connectivity index (χ1n) is 4.71. The molecule has 1 heterocycles. The lowest BCUT2D eigenvalue weighted by molar-refractivity contribution is 0.589. The van der Waals surface area contributed by atoms with Gasteiger partial charge in [0.2, 0.25) is 5.82 Å². The van der Waals surface area contributed by atoms with E-state index in [2.05, 4.69) is 9.97 Å². The summed E-state index contributed by atoms with van der Waals surface area (Å²) in [4.78, 5) is 17.5. The highest BCUT2D eigenvalue weighted by molar-refractivity contribution is 6.42. The van der Waals surface area contributed by atoms with E-state index in [1.54, 1.807) is 18.2 Å². The van der Waals surface area contributed by atoms with Crippen molar-refractivity contribution in [3.63, 3.8) is 0 Å².